The summed E-state index contributed by atoms with van der Waals surface area (Å²) in [6, 6.07) is 0. The Hall–Kier alpha value is -2.89. The molecule has 0 aliphatic carbocycles. The van der Waals surface area contributed by atoms with Crippen molar-refractivity contribution in [2.24, 2.45) is 0 Å². The molecule has 0 N–H and O–H groups in total. The number of ether oxygens (including phenoxy) is 3. The maximum absolute atomic E-state index is 12.9. The van der Waals surface area contributed by atoms with Crippen LogP contribution in [0.3, 0.4) is 0 Å². The van der Waals surface area contributed by atoms with Crippen molar-refractivity contribution in [3.05, 3.63) is 60.8 Å². The van der Waals surface area contributed by atoms with Crippen LogP contribution in [0.4, 0.5) is 0 Å². The van der Waals surface area contributed by atoms with Crippen LogP contribution in [0.15, 0.2) is 60.8 Å². The third-order valence-corrected chi connectivity index (χ3v) is 15.0. The fourth-order valence-electron chi connectivity index (χ4n) is 9.96. The van der Waals surface area contributed by atoms with Gasteiger partial charge in [0.25, 0.3) is 0 Å². The smallest absolute Gasteiger partial charge is 0.306 e. The van der Waals surface area contributed by atoms with E-state index < -0.39 is 6.10 Å². The Kier molecular flexibility index (Phi) is 63.2. The largest absolute Gasteiger partial charge is 0.462 e. The van der Waals surface area contributed by atoms with Crippen LogP contribution in [-0.2, 0) is 28.6 Å². The van der Waals surface area contributed by atoms with Crippen LogP contribution in [0.2, 0.25) is 0 Å². The van der Waals surface area contributed by atoms with Crippen LogP contribution in [-0.4, -0.2) is 37.2 Å². The van der Waals surface area contributed by atoms with Crippen molar-refractivity contribution < 1.29 is 28.6 Å². The predicted molar refractivity (Wildman–Crippen MR) is 335 cm³/mol. The molecule has 1 unspecified atom stereocenters. The first-order chi connectivity index (χ1) is 38.0. The first kappa shape index (κ1) is 74.1. The molecule has 0 aromatic rings. The third kappa shape index (κ3) is 63.8. The lowest BCUT2D eigenvalue weighted by Gasteiger charge is -2.18. The lowest BCUT2D eigenvalue weighted by molar-refractivity contribution is -0.167. The van der Waals surface area contributed by atoms with E-state index in [1.807, 2.05) is 0 Å². The van der Waals surface area contributed by atoms with Gasteiger partial charge in [-0.1, -0.05) is 313 Å². The molecule has 0 aromatic heterocycles. The van der Waals surface area contributed by atoms with Gasteiger partial charge in [-0.25, -0.2) is 0 Å². The molecule has 6 nitrogen and oxygen atoms in total. The summed E-state index contributed by atoms with van der Waals surface area (Å²) in [7, 11) is 0. The quantitative estimate of drug-likeness (QED) is 0.0261. The van der Waals surface area contributed by atoms with E-state index in [9.17, 15) is 14.4 Å². The highest BCUT2D eigenvalue weighted by Gasteiger charge is 2.19. The van der Waals surface area contributed by atoms with Crippen molar-refractivity contribution in [2.45, 2.75) is 361 Å². The molecule has 0 aliphatic rings. The average molecular weight is 1080 g/mol. The molecule has 0 spiro atoms. The fourth-order valence-corrected chi connectivity index (χ4v) is 9.96. The van der Waals surface area contributed by atoms with Gasteiger partial charge < -0.3 is 14.2 Å². The van der Waals surface area contributed by atoms with Crippen molar-refractivity contribution in [1.29, 1.82) is 0 Å². The minimum atomic E-state index is -0.774. The number of rotatable bonds is 62. The Balaban J connectivity index is 4.20. The molecule has 0 rings (SSSR count). The van der Waals surface area contributed by atoms with Gasteiger partial charge in [-0.05, 0) is 83.5 Å². The highest BCUT2D eigenvalue weighted by molar-refractivity contribution is 5.71. The highest BCUT2D eigenvalue weighted by atomic mass is 16.6. The summed E-state index contributed by atoms with van der Waals surface area (Å²) in [6.07, 6.45) is 83.8. The monoisotopic (exact) mass is 1080 g/mol. The van der Waals surface area contributed by atoms with E-state index >= 15 is 0 Å². The van der Waals surface area contributed by atoms with E-state index in [1.54, 1.807) is 0 Å². The molecule has 0 bridgehead atoms. The first-order valence-electron chi connectivity index (χ1n) is 33.8. The van der Waals surface area contributed by atoms with Crippen molar-refractivity contribution in [1.82, 2.24) is 0 Å². The molecular weight excluding hydrogens is 949 g/mol. The normalized spacial score (nSPS) is 12.4. The molecule has 0 amide bonds. The molecule has 0 saturated heterocycles. The van der Waals surface area contributed by atoms with Gasteiger partial charge >= 0.3 is 17.9 Å². The molecule has 0 fully saturated rings. The Labute approximate surface area is 479 Å². The second kappa shape index (κ2) is 65.6. The molecule has 0 aliphatic heterocycles. The summed E-state index contributed by atoms with van der Waals surface area (Å²) >= 11 is 0. The minimum absolute atomic E-state index is 0.0716. The van der Waals surface area contributed by atoms with Crippen molar-refractivity contribution in [2.75, 3.05) is 13.2 Å². The summed E-state index contributed by atoms with van der Waals surface area (Å²) in [5.74, 6) is -0.857. The van der Waals surface area contributed by atoms with E-state index in [4.69, 9.17) is 14.2 Å². The Morgan fingerprint density at radius 1 is 0.273 bits per heavy atom. The minimum Gasteiger partial charge on any atom is -0.462 e. The number of carbonyl (C=O) groups excluding carboxylic acids is 3. The molecule has 1 atom stereocenters. The van der Waals surface area contributed by atoms with Crippen LogP contribution < -0.4 is 0 Å². The zero-order valence-electron chi connectivity index (χ0n) is 51.5. The van der Waals surface area contributed by atoms with E-state index in [2.05, 4.69) is 81.5 Å². The summed E-state index contributed by atoms with van der Waals surface area (Å²) in [5, 5.41) is 0. The van der Waals surface area contributed by atoms with Crippen molar-refractivity contribution >= 4 is 17.9 Å². The number of hydrogen-bond donors (Lipinski definition) is 0. The molecule has 77 heavy (non-hydrogen) atoms. The molecule has 0 aromatic carbocycles. The predicted octanol–water partition coefficient (Wildman–Crippen LogP) is 23.1. The zero-order chi connectivity index (χ0) is 55.7. The van der Waals surface area contributed by atoms with Gasteiger partial charge in [-0.3, -0.25) is 14.4 Å². The maximum Gasteiger partial charge on any atom is 0.306 e. The second-order valence-electron chi connectivity index (χ2n) is 22.7. The number of hydrogen-bond acceptors (Lipinski definition) is 6. The molecule has 0 radical (unpaired) electrons. The standard InChI is InChI=1S/C71H128O6/c1-4-7-10-13-16-19-22-25-28-30-31-32-33-34-35-36-37-38-39-40-41-42-44-46-49-52-55-58-61-64-70(73)76-67-68(66-75-69(72)63-60-57-54-51-48-45-27-24-21-18-15-12-9-6-3)77-71(74)65-62-59-56-53-50-47-43-29-26-23-20-17-14-11-8-5-2/h7,10,16,19,24-25,27-28,31-32,68H,4-6,8-9,11-15,17-18,20-23,26,29-30,33-67H2,1-3H3/b10-7-,19-16-,27-24-,28-25-,32-31-. The summed E-state index contributed by atoms with van der Waals surface area (Å²) < 4.78 is 17.0. The fraction of sp³-hybridized carbons (Fsp3) is 0.817. The Morgan fingerprint density at radius 3 is 0.805 bits per heavy atom. The van der Waals surface area contributed by atoms with Gasteiger partial charge in [0.2, 0.25) is 0 Å². The molecule has 6 heteroatoms. The van der Waals surface area contributed by atoms with E-state index in [-0.39, 0.29) is 31.1 Å². The molecule has 0 heterocycles. The lowest BCUT2D eigenvalue weighted by atomic mass is 10.0. The summed E-state index contributed by atoms with van der Waals surface area (Å²) in [4.78, 5) is 38.3. The first-order valence-corrected chi connectivity index (χ1v) is 33.8. The number of allylic oxidation sites excluding steroid dienone is 10. The number of esters is 3. The van der Waals surface area contributed by atoms with Crippen LogP contribution >= 0.6 is 0 Å². The number of carbonyl (C=O) groups is 3. The van der Waals surface area contributed by atoms with Crippen LogP contribution in [0.1, 0.15) is 355 Å². The van der Waals surface area contributed by atoms with Crippen molar-refractivity contribution in [3.63, 3.8) is 0 Å². The average Bonchev–Trinajstić information content (AvgIpc) is 3.43. The highest BCUT2D eigenvalue weighted by Crippen LogP contribution is 2.18. The van der Waals surface area contributed by atoms with Crippen LogP contribution in [0.25, 0.3) is 0 Å². The van der Waals surface area contributed by atoms with Gasteiger partial charge in [0, 0.05) is 19.3 Å². The topological polar surface area (TPSA) is 78.9 Å². The molecule has 0 saturated carbocycles. The number of unbranched alkanes of at least 4 members (excludes halogenated alkanes) is 41. The zero-order valence-corrected chi connectivity index (χ0v) is 51.5. The lowest BCUT2D eigenvalue weighted by Crippen LogP contribution is -2.30. The second-order valence-corrected chi connectivity index (χ2v) is 22.7. The summed E-state index contributed by atoms with van der Waals surface area (Å²) in [5.41, 5.74) is 0. The van der Waals surface area contributed by atoms with E-state index in [0.29, 0.717) is 19.3 Å². The molecule has 448 valence electrons. The summed E-state index contributed by atoms with van der Waals surface area (Å²) in [6.45, 7) is 6.57. The Bertz CT molecular complexity index is 1380. The Morgan fingerprint density at radius 2 is 0.506 bits per heavy atom. The van der Waals surface area contributed by atoms with Gasteiger partial charge in [-0.2, -0.15) is 0 Å². The maximum atomic E-state index is 12.9. The third-order valence-electron chi connectivity index (χ3n) is 15.0. The van der Waals surface area contributed by atoms with Crippen LogP contribution in [0, 0.1) is 0 Å². The van der Waals surface area contributed by atoms with Crippen LogP contribution in [0.5, 0.6) is 0 Å². The van der Waals surface area contributed by atoms with E-state index in [1.165, 1.54) is 225 Å². The van der Waals surface area contributed by atoms with Gasteiger partial charge in [0.1, 0.15) is 13.2 Å². The van der Waals surface area contributed by atoms with Gasteiger partial charge in [0.05, 0.1) is 0 Å². The van der Waals surface area contributed by atoms with Gasteiger partial charge in [0.15, 0.2) is 6.10 Å². The van der Waals surface area contributed by atoms with Crippen molar-refractivity contribution in [3.8, 4) is 0 Å². The SMILES string of the molecule is CC/C=C\C/C=C\C/C=C\C/C=C\CCCCCCCCCCCCCCCCCCC(=O)OCC(COC(=O)CCCCCCC/C=C\CCCCCCC)OC(=O)CCCCCCCCCCCCCCCCCC. The molecular formula is C71H128O6. The van der Waals surface area contributed by atoms with Gasteiger partial charge in [-0.15, -0.1) is 0 Å². The van der Waals surface area contributed by atoms with E-state index in [0.717, 1.165) is 89.9 Å².